The minimum absolute atomic E-state index is 0.0346. The van der Waals surface area contributed by atoms with Crippen LogP contribution in [0.5, 0.6) is 0 Å². The summed E-state index contributed by atoms with van der Waals surface area (Å²) < 4.78 is 13.4. The molecule has 1 aliphatic heterocycles. The fourth-order valence-corrected chi connectivity index (χ4v) is 3.59. The minimum Gasteiger partial charge on any atom is -0.340 e. The molecule has 0 saturated carbocycles. The summed E-state index contributed by atoms with van der Waals surface area (Å²) in [6, 6.07) is 12.9. The third kappa shape index (κ3) is 4.60. The zero-order valence-electron chi connectivity index (χ0n) is 18.5. The summed E-state index contributed by atoms with van der Waals surface area (Å²) in [7, 11) is 1.55. The second-order valence-electron chi connectivity index (χ2n) is 9.15. The molecule has 3 rings (SSSR count). The van der Waals surface area contributed by atoms with E-state index in [0.717, 1.165) is 10.5 Å². The highest BCUT2D eigenvalue weighted by molar-refractivity contribution is 6.09. The van der Waals surface area contributed by atoms with E-state index in [9.17, 15) is 18.8 Å². The monoisotopic (exact) mass is 425 g/mol. The minimum atomic E-state index is -1.24. The summed E-state index contributed by atoms with van der Waals surface area (Å²) in [6.45, 7) is 7.72. The summed E-state index contributed by atoms with van der Waals surface area (Å²) in [5.41, 5.74) is 1.11. The molecule has 164 valence electrons. The van der Waals surface area contributed by atoms with Crippen molar-refractivity contribution in [3.05, 3.63) is 71.0 Å². The van der Waals surface area contributed by atoms with Crippen molar-refractivity contribution in [2.45, 2.75) is 45.2 Å². The highest BCUT2D eigenvalue weighted by atomic mass is 19.1. The Morgan fingerprint density at radius 3 is 2.35 bits per heavy atom. The van der Waals surface area contributed by atoms with Gasteiger partial charge in [0, 0.05) is 13.6 Å². The van der Waals surface area contributed by atoms with Crippen molar-refractivity contribution in [1.29, 1.82) is 0 Å². The fraction of sp³-hybridized carbons (Fsp3) is 0.375. The number of amides is 4. The van der Waals surface area contributed by atoms with Crippen molar-refractivity contribution >= 4 is 17.8 Å². The topological polar surface area (TPSA) is 69.7 Å². The van der Waals surface area contributed by atoms with Crippen LogP contribution in [0.1, 0.15) is 44.4 Å². The van der Waals surface area contributed by atoms with Gasteiger partial charge in [0.2, 0.25) is 5.91 Å². The second kappa shape index (κ2) is 8.13. The van der Waals surface area contributed by atoms with Gasteiger partial charge in [0.15, 0.2) is 0 Å². The first-order valence-electron chi connectivity index (χ1n) is 10.2. The Labute approximate surface area is 182 Å². The molecule has 0 radical (unpaired) electrons. The molecule has 4 amide bonds. The van der Waals surface area contributed by atoms with Gasteiger partial charge in [-0.3, -0.25) is 14.5 Å². The molecule has 0 aromatic heterocycles. The number of hydrogen-bond acceptors (Lipinski definition) is 3. The number of likely N-dealkylation sites (N-methyl/N-ethyl adjacent to an activating group) is 1. The molecule has 2 aromatic carbocycles. The molecule has 0 spiro atoms. The standard InChI is InChI=1S/C24H28FN3O3/c1-23(2,3)17-9-11-18(12-10-17)24(4)21(30)28(22(31)26-24)15-20(29)27(5)14-16-7-6-8-19(25)13-16/h6-13H,14-15H2,1-5H3,(H,26,31). The highest BCUT2D eigenvalue weighted by Gasteiger charge is 2.49. The van der Waals surface area contributed by atoms with Crippen LogP contribution in [0.2, 0.25) is 0 Å². The number of nitrogens with zero attached hydrogens (tertiary/aromatic N) is 2. The molecule has 1 fully saturated rings. The van der Waals surface area contributed by atoms with Crippen LogP contribution in [0.15, 0.2) is 48.5 Å². The smallest absolute Gasteiger partial charge is 0.325 e. The first-order valence-corrected chi connectivity index (χ1v) is 10.2. The van der Waals surface area contributed by atoms with E-state index in [1.54, 1.807) is 26.1 Å². The van der Waals surface area contributed by atoms with Crippen LogP contribution in [0.25, 0.3) is 0 Å². The molecular weight excluding hydrogens is 397 g/mol. The van der Waals surface area contributed by atoms with E-state index >= 15 is 0 Å². The Balaban J connectivity index is 1.72. The van der Waals surface area contributed by atoms with E-state index in [4.69, 9.17) is 0 Å². The molecule has 1 N–H and O–H groups in total. The van der Waals surface area contributed by atoms with Crippen molar-refractivity contribution in [1.82, 2.24) is 15.1 Å². The normalized spacial score (nSPS) is 18.8. The van der Waals surface area contributed by atoms with E-state index in [0.29, 0.717) is 11.1 Å². The zero-order chi connectivity index (χ0) is 23.0. The second-order valence-corrected chi connectivity index (χ2v) is 9.15. The first-order chi connectivity index (χ1) is 14.4. The van der Waals surface area contributed by atoms with Crippen LogP contribution >= 0.6 is 0 Å². The first kappa shape index (κ1) is 22.5. The van der Waals surface area contributed by atoms with Gasteiger partial charge in [0.25, 0.3) is 5.91 Å². The Morgan fingerprint density at radius 2 is 1.77 bits per heavy atom. The lowest BCUT2D eigenvalue weighted by Gasteiger charge is -2.25. The van der Waals surface area contributed by atoms with Crippen molar-refractivity contribution in [2.24, 2.45) is 0 Å². The van der Waals surface area contributed by atoms with E-state index in [-0.39, 0.29) is 24.3 Å². The number of hydrogen-bond donors (Lipinski definition) is 1. The fourth-order valence-electron chi connectivity index (χ4n) is 3.59. The summed E-state index contributed by atoms with van der Waals surface area (Å²) in [5, 5.41) is 2.72. The highest BCUT2D eigenvalue weighted by Crippen LogP contribution is 2.31. The van der Waals surface area contributed by atoms with Crippen LogP contribution in [0, 0.1) is 5.82 Å². The van der Waals surface area contributed by atoms with Crippen molar-refractivity contribution in [3.8, 4) is 0 Å². The van der Waals surface area contributed by atoms with E-state index in [1.165, 1.54) is 17.0 Å². The number of carbonyl (C=O) groups excluding carboxylic acids is 3. The van der Waals surface area contributed by atoms with Gasteiger partial charge in [0.1, 0.15) is 17.9 Å². The lowest BCUT2D eigenvalue weighted by Crippen LogP contribution is -2.43. The summed E-state index contributed by atoms with van der Waals surface area (Å²) in [6.07, 6.45) is 0. The van der Waals surface area contributed by atoms with Gasteiger partial charge in [-0.15, -0.1) is 0 Å². The molecule has 0 bridgehead atoms. The van der Waals surface area contributed by atoms with Gasteiger partial charge < -0.3 is 10.2 Å². The molecule has 0 aliphatic carbocycles. The van der Waals surface area contributed by atoms with Gasteiger partial charge in [-0.1, -0.05) is 57.2 Å². The lowest BCUT2D eigenvalue weighted by atomic mass is 9.84. The summed E-state index contributed by atoms with van der Waals surface area (Å²) >= 11 is 0. The number of imide groups is 1. The summed E-state index contributed by atoms with van der Waals surface area (Å²) in [5.74, 6) is -1.28. The number of urea groups is 1. The number of benzene rings is 2. The molecule has 1 atom stereocenters. The molecule has 1 heterocycles. The average molecular weight is 426 g/mol. The predicted molar refractivity (Wildman–Crippen MR) is 116 cm³/mol. The third-order valence-electron chi connectivity index (χ3n) is 5.63. The van der Waals surface area contributed by atoms with Gasteiger partial charge in [-0.2, -0.15) is 0 Å². The number of halogens is 1. The zero-order valence-corrected chi connectivity index (χ0v) is 18.5. The number of rotatable bonds is 5. The average Bonchev–Trinajstić information content (AvgIpc) is 2.91. The number of nitrogens with one attached hydrogen (secondary N) is 1. The van der Waals surface area contributed by atoms with Crippen LogP contribution in [0.3, 0.4) is 0 Å². The SMILES string of the molecule is CN(Cc1cccc(F)c1)C(=O)CN1C(=O)NC(C)(c2ccc(C(C)(C)C)cc2)C1=O. The molecule has 1 saturated heterocycles. The molecule has 1 unspecified atom stereocenters. The molecule has 7 heteroatoms. The number of carbonyl (C=O) groups is 3. The molecule has 31 heavy (non-hydrogen) atoms. The van der Waals surface area contributed by atoms with E-state index in [1.807, 2.05) is 24.3 Å². The van der Waals surface area contributed by atoms with Gasteiger partial charge in [-0.05, 0) is 41.2 Å². The quantitative estimate of drug-likeness (QED) is 0.745. The Hall–Kier alpha value is -3.22. The van der Waals surface area contributed by atoms with Crippen molar-refractivity contribution in [3.63, 3.8) is 0 Å². The Morgan fingerprint density at radius 1 is 1.13 bits per heavy atom. The summed E-state index contributed by atoms with van der Waals surface area (Å²) in [4.78, 5) is 40.6. The van der Waals surface area contributed by atoms with Crippen LogP contribution in [0.4, 0.5) is 9.18 Å². The van der Waals surface area contributed by atoms with Gasteiger partial charge in [0.05, 0.1) is 0 Å². The third-order valence-corrected chi connectivity index (χ3v) is 5.63. The van der Waals surface area contributed by atoms with Crippen molar-refractivity contribution in [2.75, 3.05) is 13.6 Å². The van der Waals surface area contributed by atoms with Crippen LogP contribution in [-0.4, -0.2) is 41.2 Å². The Bertz CT molecular complexity index is 1010. The maximum atomic E-state index is 13.4. The van der Waals surface area contributed by atoms with Crippen LogP contribution < -0.4 is 5.32 Å². The van der Waals surface area contributed by atoms with Gasteiger partial charge in [-0.25, -0.2) is 9.18 Å². The van der Waals surface area contributed by atoms with Crippen molar-refractivity contribution < 1.29 is 18.8 Å². The molecule has 2 aromatic rings. The predicted octanol–water partition coefficient (Wildman–Crippen LogP) is 3.55. The molecular formula is C24H28FN3O3. The maximum Gasteiger partial charge on any atom is 0.325 e. The lowest BCUT2D eigenvalue weighted by molar-refractivity contribution is -0.138. The van der Waals surface area contributed by atoms with Crippen LogP contribution in [-0.2, 0) is 27.1 Å². The van der Waals surface area contributed by atoms with E-state index in [2.05, 4.69) is 26.1 Å². The Kier molecular flexibility index (Phi) is 5.89. The van der Waals surface area contributed by atoms with E-state index < -0.39 is 23.4 Å². The maximum absolute atomic E-state index is 13.4. The molecule has 1 aliphatic rings. The largest absolute Gasteiger partial charge is 0.340 e. The van der Waals surface area contributed by atoms with Gasteiger partial charge >= 0.3 is 6.03 Å². The molecule has 6 nitrogen and oxygen atoms in total.